The molecule has 18 heavy (non-hydrogen) atoms. The van der Waals surface area contributed by atoms with E-state index >= 15 is 0 Å². The molecule has 0 aromatic rings. The summed E-state index contributed by atoms with van der Waals surface area (Å²) < 4.78 is 4.86. The molecule has 0 aliphatic heterocycles. The summed E-state index contributed by atoms with van der Waals surface area (Å²) in [6.45, 7) is 5.91. The Labute approximate surface area is 111 Å². The number of hydrogen-bond acceptors (Lipinski definition) is 4. The van der Waals surface area contributed by atoms with Crippen LogP contribution in [0.2, 0.25) is 0 Å². The number of carbonyl (C=O) groups is 1. The number of hydrogen-bond donors (Lipinski definition) is 1. The molecule has 1 rings (SSSR count). The van der Waals surface area contributed by atoms with Crippen molar-refractivity contribution in [2.24, 2.45) is 5.92 Å². The van der Waals surface area contributed by atoms with Gasteiger partial charge in [-0.2, -0.15) is 0 Å². The summed E-state index contributed by atoms with van der Waals surface area (Å²) in [5.41, 5.74) is 0. The Balaban J connectivity index is 2.40. The average molecular weight is 256 g/mol. The fourth-order valence-electron chi connectivity index (χ4n) is 2.76. The molecular formula is C14H28N2O2. The third-order valence-electron chi connectivity index (χ3n) is 3.56. The zero-order valence-electron chi connectivity index (χ0n) is 12.2. The summed E-state index contributed by atoms with van der Waals surface area (Å²) in [7, 11) is 3.55. The third-order valence-corrected chi connectivity index (χ3v) is 3.56. The third kappa shape index (κ3) is 5.36. The lowest BCUT2D eigenvalue weighted by molar-refractivity contribution is -0.143. The predicted molar refractivity (Wildman–Crippen MR) is 73.5 cm³/mol. The fourth-order valence-corrected chi connectivity index (χ4v) is 2.76. The first-order valence-corrected chi connectivity index (χ1v) is 7.05. The standard InChI is InChI=1S/C14H28N2O2/c1-11(2)15-13(14(17)18-4)10-16(3)9-12-7-5-6-8-12/h11-13,15H,5-10H2,1-4H3. The minimum Gasteiger partial charge on any atom is -0.468 e. The zero-order chi connectivity index (χ0) is 13.5. The number of nitrogens with zero attached hydrogens (tertiary/aromatic N) is 1. The molecule has 4 heteroatoms. The topological polar surface area (TPSA) is 41.6 Å². The van der Waals surface area contributed by atoms with Gasteiger partial charge in [-0.1, -0.05) is 26.7 Å². The molecule has 1 atom stereocenters. The van der Waals surface area contributed by atoms with Crippen molar-refractivity contribution in [2.75, 3.05) is 27.2 Å². The van der Waals surface area contributed by atoms with Crippen LogP contribution in [-0.4, -0.2) is 50.2 Å². The molecular weight excluding hydrogens is 228 g/mol. The van der Waals surface area contributed by atoms with Gasteiger partial charge in [-0.3, -0.25) is 4.79 Å². The van der Waals surface area contributed by atoms with Crippen molar-refractivity contribution in [2.45, 2.75) is 51.6 Å². The highest BCUT2D eigenvalue weighted by Crippen LogP contribution is 2.25. The van der Waals surface area contributed by atoms with Crippen LogP contribution in [0.25, 0.3) is 0 Å². The lowest BCUT2D eigenvalue weighted by Gasteiger charge is -2.26. The van der Waals surface area contributed by atoms with Crippen LogP contribution in [0.15, 0.2) is 0 Å². The van der Waals surface area contributed by atoms with Crippen LogP contribution in [0.1, 0.15) is 39.5 Å². The molecule has 106 valence electrons. The second-order valence-electron chi connectivity index (χ2n) is 5.77. The van der Waals surface area contributed by atoms with E-state index in [1.165, 1.54) is 32.8 Å². The zero-order valence-corrected chi connectivity index (χ0v) is 12.2. The van der Waals surface area contributed by atoms with Crippen molar-refractivity contribution in [1.29, 1.82) is 0 Å². The monoisotopic (exact) mass is 256 g/mol. The fraction of sp³-hybridized carbons (Fsp3) is 0.929. The average Bonchev–Trinajstić information content (AvgIpc) is 2.79. The van der Waals surface area contributed by atoms with Crippen molar-refractivity contribution in [3.8, 4) is 0 Å². The van der Waals surface area contributed by atoms with Crippen molar-refractivity contribution in [3.05, 3.63) is 0 Å². The van der Waals surface area contributed by atoms with E-state index in [1.54, 1.807) is 0 Å². The summed E-state index contributed by atoms with van der Waals surface area (Å²) in [5, 5.41) is 3.27. The second-order valence-corrected chi connectivity index (χ2v) is 5.77. The largest absolute Gasteiger partial charge is 0.468 e. The SMILES string of the molecule is COC(=O)C(CN(C)CC1CCCC1)NC(C)C. The van der Waals surface area contributed by atoms with E-state index in [0.29, 0.717) is 0 Å². The van der Waals surface area contributed by atoms with E-state index in [-0.39, 0.29) is 18.1 Å². The molecule has 4 nitrogen and oxygen atoms in total. The van der Waals surface area contributed by atoms with Crippen LogP contribution in [0.5, 0.6) is 0 Å². The molecule has 0 aromatic heterocycles. The first kappa shape index (κ1) is 15.4. The van der Waals surface area contributed by atoms with Gasteiger partial charge >= 0.3 is 5.97 Å². The number of methoxy groups -OCH3 is 1. The maximum atomic E-state index is 11.7. The number of carbonyl (C=O) groups excluding carboxylic acids is 1. The van der Waals surface area contributed by atoms with E-state index in [0.717, 1.165) is 19.0 Å². The van der Waals surface area contributed by atoms with Gasteiger partial charge in [-0.05, 0) is 25.8 Å². The molecule has 0 spiro atoms. The Kier molecular flexibility index (Phi) is 6.65. The molecule has 1 aliphatic carbocycles. The Bertz CT molecular complexity index is 250. The van der Waals surface area contributed by atoms with Crippen LogP contribution in [0, 0.1) is 5.92 Å². The minimum absolute atomic E-state index is 0.165. The van der Waals surface area contributed by atoms with Gasteiger partial charge in [0.1, 0.15) is 6.04 Å². The van der Waals surface area contributed by atoms with Crippen LogP contribution < -0.4 is 5.32 Å². The molecule has 0 heterocycles. The van der Waals surface area contributed by atoms with E-state index < -0.39 is 0 Å². The van der Waals surface area contributed by atoms with Crippen molar-refractivity contribution in [1.82, 2.24) is 10.2 Å². The molecule has 0 bridgehead atoms. The first-order valence-electron chi connectivity index (χ1n) is 7.05. The molecule has 0 radical (unpaired) electrons. The highest BCUT2D eigenvalue weighted by atomic mass is 16.5. The molecule has 1 aliphatic rings. The van der Waals surface area contributed by atoms with E-state index in [1.807, 2.05) is 13.8 Å². The number of likely N-dealkylation sites (N-methyl/N-ethyl adjacent to an activating group) is 1. The van der Waals surface area contributed by atoms with E-state index in [4.69, 9.17) is 4.74 Å². The van der Waals surface area contributed by atoms with Gasteiger partial charge < -0.3 is 15.0 Å². The van der Waals surface area contributed by atoms with Crippen molar-refractivity contribution < 1.29 is 9.53 Å². The number of rotatable bonds is 7. The van der Waals surface area contributed by atoms with E-state index in [9.17, 15) is 4.79 Å². The highest BCUT2D eigenvalue weighted by molar-refractivity contribution is 5.75. The first-order chi connectivity index (χ1) is 8.52. The maximum absolute atomic E-state index is 11.7. The van der Waals surface area contributed by atoms with Gasteiger partial charge in [-0.25, -0.2) is 0 Å². The van der Waals surface area contributed by atoms with Crippen molar-refractivity contribution in [3.63, 3.8) is 0 Å². The second kappa shape index (κ2) is 7.74. The Hall–Kier alpha value is -0.610. The van der Waals surface area contributed by atoms with Crippen LogP contribution in [-0.2, 0) is 9.53 Å². The molecule has 0 amide bonds. The van der Waals surface area contributed by atoms with E-state index in [2.05, 4.69) is 17.3 Å². The summed E-state index contributed by atoms with van der Waals surface area (Å²) in [6, 6.07) is 0.0652. The van der Waals surface area contributed by atoms with Gasteiger partial charge in [-0.15, -0.1) is 0 Å². The Morgan fingerprint density at radius 1 is 1.39 bits per heavy atom. The number of esters is 1. The number of ether oxygens (including phenoxy) is 1. The normalized spacial score (nSPS) is 18.6. The lowest BCUT2D eigenvalue weighted by Crippen LogP contribution is -2.48. The smallest absolute Gasteiger partial charge is 0.324 e. The van der Waals surface area contributed by atoms with Gasteiger partial charge in [0.05, 0.1) is 7.11 Å². The summed E-state index contributed by atoms with van der Waals surface area (Å²) in [4.78, 5) is 14.0. The van der Waals surface area contributed by atoms with Gasteiger partial charge in [0.25, 0.3) is 0 Å². The van der Waals surface area contributed by atoms with Gasteiger partial charge in [0.15, 0.2) is 0 Å². The molecule has 1 saturated carbocycles. The summed E-state index contributed by atoms with van der Waals surface area (Å²) in [5.74, 6) is 0.648. The maximum Gasteiger partial charge on any atom is 0.324 e. The molecule has 0 aromatic carbocycles. The molecule has 0 saturated heterocycles. The molecule has 1 unspecified atom stereocenters. The molecule has 1 fully saturated rings. The quantitative estimate of drug-likeness (QED) is 0.703. The number of nitrogens with one attached hydrogen (secondary N) is 1. The minimum atomic E-state index is -0.221. The predicted octanol–water partition coefficient (Wildman–Crippen LogP) is 1.65. The Morgan fingerprint density at radius 3 is 2.50 bits per heavy atom. The molecule has 1 N–H and O–H groups in total. The van der Waals surface area contributed by atoms with Crippen LogP contribution in [0.3, 0.4) is 0 Å². The summed E-state index contributed by atoms with van der Waals surface area (Å²) >= 11 is 0. The van der Waals surface area contributed by atoms with Gasteiger partial charge in [0, 0.05) is 19.1 Å². The van der Waals surface area contributed by atoms with Gasteiger partial charge in [0.2, 0.25) is 0 Å². The van der Waals surface area contributed by atoms with Crippen molar-refractivity contribution >= 4 is 5.97 Å². The lowest BCUT2D eigenvalue weighted by atomic mass is 10.1. The van der Waals surface area contributed by atoms with Crippen LogP contribution in [0.4, 0.5) is 0 Å². The summed E-state index contributed by atoms with van der Waals surface area (Å²) in [6.07, 6.45) is 5.40. The Morgan fingerprint density at radius 2 is 2.00 bits per heavy atom. The highest BCUT2D eigenvalue weighted by Gasteiger charge is 2.23. The van der Waals surface area contributed by atoms with Crippen LogP contribution >= 0.6 is 0 Å².